The van der Waals surface area contributed by atoms with Gasteiger partial charge in [-0.05, 0) is 12.3 Å². The smallest absolute Gasteiger partial charge is 0.308 e. The fourth-order valence-electron chi connectivity index (χ4n) is 1.52. The molecule has 17 heavy (non-hydrogen) atoms. The number of hydrogen-bond acceptors (Lipinski definition) is 3. The van der Waals surface area contributed by atoms with Crippen molar-refractivity contribution in [3.05, 3.63) is 0 Å². The lowest BCUT2D eigenvalue weighted by molar-refractivity contribution is -0.142. The first-order valence-electron chi connectivity index (χ1n) is 6.20. The highest BCUT2D eigenvalue weighted by Crippen LogP contribution is 2.07. The Bertz CT molecular complexity index is 256. The van der Waals surface area contributed by atoms with E-state index in [2.05, 4.69) is 5.32 Å². The van der Waals surface area contributed by atoms with Crippen LogP contribution in [0.15, 0.2) is 0 Å². The summed E-state index contributed by atoms with van der Waals surface area (Å²) >= 11 is 0. The maximum atomic E-state index is 11.6. The minimum absolute atomic E-state index is 0.101. The van der Waals surface area contributed by atoms with E-state index in [1.165, 1.54) is 0 Å². The fraction of sp³-hybridized carbons (Fsp3) is 0.833. The Morgan fingerprint density at radius 3 is 2.35 bits per heavy atom. The number of carbonyl (C=O) groups excluding carboxylic acids is 1. The third-order valence-electron chi connectivity index (χ3n) is 3.07. The molecule has 1 amide bonds. The normalized spacial score (nSPS) is 16.0. The van der Waals surface area contributed by atoms with Gasteiger partial charge in [-0.3, -0.25) is 9.59 Å². The summed E-state index contributed by atoms with van der Waals surface area (Å²) in [6.07, 6.45) is 2.17. The molecule has 0 aromatic rings. The monoisotopic (exact) mass is 244 g/mol. The van der Waals surface area contributed by atoms with Crippen LogP contribution < -0.4 is 11.1 Å². The van der Waals surface area contributed by atoms with Gasteiger partial charge < -0.3 is 16.2 Å². The first-order chi connectivity index (χ1) is 7.93. The van der Waals surface area contributed by atoms with Gasteiger partial charge in [0.1, 0.15) is 0 Å². The summed E-state index contributed by atoms with van der Waals surface area (Å²) in [5.41, 5.74) is 5.75. The summed E-state index contributed by atoms with van der Waals surface area (Å²) in [6, 6.07) is -0.559. The average Bonchev–Trinajstić information content (AvgIpc) is 2.31. The Balaban J connectivity index is 4.16. The van der Waals surface area contributed by atoms with Crippen LogP contribution in [-0.4, -0.2) is 29.6 Å². The molecule has 0 fully saturated rings. The molecule has 0 spiro atoms. The van der Waals surface area contributed by atoms with Crippen molar-refractivity contribution < 1.29 is 14.7 Å². The second kappa shape index (κ2) is 8.06. The number of carboxylic acids is 1. The second-order valence-electron chi connectivity index (χ2n) is 4.48. The molecule has 0 aromatic heterocycles. The Morgan fingerprint density at radius 1 is 1.35 bits per heavy atom. The van der Waals surface area contributed by atoms with E-state index in [4.69, 9.17) is 10.8 Å². The first-order valence-corrected chi connectivity index (χ1v) is 6.20. The van der Waals surface area contributed by atoms with E-state index in [9.17, 15) is 9.59 Å². The van der Waals surface area contributed by atoms with Crippen LogP contribution >= 0.6 is 0 Å². The van der Waals surface area contributed by atoms with Gasteiger partial charge in [0.15, 0.2) is 0 Å². The zero-order chi connectivity index (χ0) is 13.4. The van der Waals surface area contributed by atoms with Gasteiger partial charge in [0.25, 0.3) is 0 Å². The number of nitrogens with one attached hydrogen (secondary N) is 1. The summed E-state index contributed by atoms with van der Waals surface area (Å²) in [6.45, 7) is 5.95. The van der Waals surface area contributed by atoms with Gasteiger partial charge in [-0.15, -0.1) is 0 Å². The summed E-state index contributed by atoms with van der Waals surface area (Å²) in [7, 11) is 0. The average molecular weight is 244 g/mol. The summed E-state index contributed by atoms with van der Waals surface area (Å²) in [5, 5.41) is 11.5. The molecule has 0 saturated heterocycles. The quantitative estimate of drug-likeness (QED) is 0.593. The molecule has 1 unspecified atom stereocenters. The minimum Gasteiger partial charge on any atom is -0.481 e. The van der Waals surface area contributed by atoms with Crippen LogP contribution in [0.25, 0.3) is 0 Å². The van der Waals surface area contributed by atoms with Crippen LogP contribution in [0.5, 0.6) is 0 Å². The number of carboxylic acid groups (broad SMARTS) is 1. The highest BCUT2D eigenvalue weighted by Gasteiger charge is 2.22. The number of aliphatic carboxylic acids is 1. The first kappa shape index (κ1) is 15.9. The topological polar surface area (TPSA) is 92.4 Å². The van der Waals surface area contributed by atoms with Crippen molar-refractivity contribution in [2.45, 2.75) is 46.1 Å². The van der Waals surface area contributed by atoms with E-state index in [0.717, 1.165) is 12.8 Å². The van der Waals surface area contributed by atoms with Crippen LogP contribution in [0.1, 0.15) is 40.0 Å². The molecular weight excluding hydrogens is 220 g/mol. The molecule has 5 heteroatoms. The molecule has 0 saturated carbocycles. The van der Waals surface area contributed by atoms with Crippen LogP contribution in [0.4, 0.5) is 0 Å². The molecule has 0 heterocycles. The molecule has 3 atom stereocenters. The molecule has 4 N–H and O–H groups in total. The molecule has 0 aliphatic heterocycles. The van der Waals surface area contributed by atoms with E-state index in [1.54, 1.807) is 0 Å². The third-order valence-corrected chi connectivity index (χ3v) is 3.07. The second-order valence-corrected chi connectivity index (χ2v) is 4.48. The van der Waals surface area contributed by atoms with E-state index in [-0.39, 0.29) is 18.4 Å². The summed E-state index contributed by atoms with van der Waals surface area (Å²) < 4.78 is 0. The lowest BCUT2D eigenvalue weighted by atomic mass is 9.98. The van der Waals surface area contributed by atoms with Crippen molar-refractivity contribution in [1.82, 2.24) is 5.32 Å². The van der Waals surface area contributed by atoms with Crippen LogP contribution in [0.2, 0.25) is 0 Å². The van der Waals surface area contributed by atoms with Crippen molar-refractivity contribution in [3.8, 4) is 0 Å². The predicted molar refractivity (Wildman–Crippen MR) is 66.5 cm³/mol. The van der Waals surface area contributed by atoms with Gasteiger partial charge in [0.2, 0.25) is 5.91 Å². The highest BCUT2D eigenvalue weighted by atomic mass is 16.4. The molecular formula is C12H24N2O3. The van der Waals surface area contributed by atoms with E-state index in [1.807, 2.05) is 20.8 Å². The highest BCUT2D eigenvalue weighted by molar-refractivity contribution is 5.82. The van der Waals surface area contributed by atoms with Crippen LogP contribution in [0.3, 0.4) is 0 Å². The van der Waals surface area contributed by atoms with Gasteiger partial charge in [-0.25, -0.2) is 0 Å². The Morgan fingerprint density at radius 2 is 1.94 bits per heavy atom. The standard InChI is InChI=1S/C12H24N2O3/c1-4-6-9(12(16)17)7-14-11(15)10(13)8(3)5-2/h8-10H,4-7,13H2,1-3H3,(H,14,15)(H,16,17)/t8-,9?,10-/m0/s1. The van der Waals surface area contributed by atoms with Crippen molar-refractivity contribution >= 4 is 11.9 Å². The molecule has 0 radical (unpaired) electrons. The molecule has 100 valence electrons. The van der Waals surface area contributed by atoms with Crippen molar-refractivity contribution in [2.24, 2.45) is 17.6 Å². The predicted octanol–water partition coefficient (Wildman–Crippen LogP) is 0.977. The number of rotatable bonds is 8. The molecule has 0 aromatic carbocycles. The van der Waals surface area contributed by atoms with E-state index >= 15 is 0 Å². The van der Waals surface area contributed by atoms with Gasteiger partial charge in [0.05, 0.1) is 12.0 Å². The van der Waals surface area contributed by atoms with Gasteiger partial charge >= 0.3 is 5.97 Å². The molecule has 5 nitrogen and oxygen atoms in total. The lowest BCUT2D eigenvalue weighted by Gasteiger charge is -2.19. The van der Waals surface area contributed by atoms with Crippen molar-refractivity contribution in [3.63, 3.8) is 0 Å². The SMILES string of the molecule is CCCC(CNC(=O)[C@@H](N)[C@@H](C)CC)C(=O)O. The summed E-state index contributed by atoms with van der Waals surface area (Å²) in [4.78, 5) is 22.5. The maximum absolute atomic E-state index is 11.6. The zero-order valence-corrected chi connectivity index (χ0v) is 10.9. The molecule has 0 rings (SSSR count). The largest absolute Gasteiger partial charge is 0.481 e. The van der Waals surface area contributed by atoms with E-state index in [0.29, 0.717) is 6.42 Å². The summed E-state index contributed by atoms with van der Waals surface area (Å²) in [5.74, 6) is -1.55. The number of hydrogen-bond donors (Lipinski definition) is 3. The fourth-order valence-corrected chi connectivity index (χ4v) is 1.52. The maximum Gasteiger partial charge on any atom is 0.308 e. The lowest BCUT2D eigenvalue weighted by Crippen LogP contribution is -2.46. The number of carbonyl (C=O) groups is 2. The molecule has 0 aliphatic carbocycles. The Labute approximate surface area is 103 Å². The number of amides is 1. The molecule has 0 aliphatic rings. The van der Waals surface area contributed by atoms with Gasteiger partial charge in [0, 0.05) is 6.54 Å². The van der Waals surface area contributed by atoms with Gasteiger partial charge in [-0.1, -0.05) is 33.6 Å². The zero-order valence-electron chi connectivity index (χ0n) is 10.9. The van der Waals surface area contributed by atoms with Crippen molar-refractivity contribution in [2.75, 3.05) is 6.54 Å². The van der Waals surface area contributed by atoms with E-state index < -0.39 is 17.9 Å². The van der Waals surface area contributed by atoms with Gasteiger partial charge in [-0.2, -0.15) is 0 Å². The van der Waals surface area contributed by atoms with Crippen LogP contribution in [0, 0.1) is 11.8 Å². The third kappa shape index (κ3) is 5.68. The minimum atomic E-state index is -0.871. The molecule has 0 bridgehead atoms. The van der Waals surface area contributed by atoms with Crippen molar-refractivity contribution in [1.29, 1.82) is 0 Å². The Kier molecular flexibility index (Phi) is 7.54. The van der Waals surface area contributed by atoms with Crippen LogP contribution in [-0.2, 0) is 9.59 Å². The Hall–Kier alpha value is -1.10. The number of nitrogens with two attached hydrogens (primary N) is 1.